The zero-order chi connectivity index (χ0) is 14.0. The number of carbonyl (C=O) groups is 1. The second-order valence-electron chi connectivity index (χ2n) is 3.85. The molecule has 0 aliphatic carbocycles. The number of aryl methyl sites for hydroxylation is 1. The maximum Gasteiger partial charge on any atom is 0.338 e. The van der Waals surface area contributed by atoms with Crippen LogP contribution in [-0.2, 0) is 11.3 Å². The molecule has 0 spiro atoms. The number of benzene rings is 1. The third kappa shape index (κ3) is 2.45. The smallest absolute Gasteiger partial charge is 0.338 e. The van der Waals surface area contributed by atoms with Gasteiger partial charge in [-0.15, -0.1) is 0 Å². The number of carbonyl (C=O) groups excluding carboxylic acids is 1. The van der Waals surface area contributed by atoms with E-state index in [-0.39, 0.29) is 29.4 Å². The first kappa shape index (κ1) is 13.2. The van der Waals surface area contributed by atoms with Crippen molar-refractivity contribution in [3.63, 3.8) is 0 Å². The van der Waals surface area contributed by atoms with Gasteiger partial charge < -0.3 is 15.0 Å². The predicted octanol–water partition coefficient (Wildman–Crippen LogP) is 1.43. The summed E-state index contributed by atoms with van der Waals surface area (Å²) in [5, 5.41) is 3.62. The first-order chi connectivity index (χ1) is 9.06. The van der Waals surface area contributed by atoms with Crippen LogP contribution >= 0.6 is 0 Å². The van der Waals surface area contributed by atoms with E-state index in [1.807, 2.05) is 0 Å². The third-order valence-electron chi connectivity index (χ3n) is 2.60. The number of hydrogen-bond acceptors (Lipinski definition) is 6. The number of aromatic nitrogens is 2. The fourth-order valence-corrected chi connectivity index (χ4v) is 1.62. The number of nitrogens with two attached hydrogens (primary N) is 1. The van der Waals surface area contributed by atoms with Gasteiger partial charge in [-0.1, -0.05) is 5.16 Å². The fourth-order valence-electron chi connectivity index (χ4n) is 1.62. The molecule has 100 valence electrons. The molecule has 0 atom stereocenters. The number of halogens is 1. The molecule has 2 rings (SSSR count). The van der Waals surface area contributed by atoms with Crippen molar-refractivity contribution < 1.29 is 18.4 Å². The Morgan fingerprint density at radius 1 is 1.53 bits per heavy atom. The monoisotopic (exact) mass is 265 g/mol. The Labute approximate surface area is 108 Å². The van der Waals surface area contributed by atoms with Gasteiger partial charge in [0.1, 0.15) is 5.82 Å². The highest BCUT2D eigenvalue weighted by molar-refractivity contribution is 5.92. The number of esters is 1. The summed E-state index contributed by atoms with van der Waals surface area (Å²) in [4.78, 5) is 15.5. The minimum absolute atomic E-state index is 0.0445. The van der Waals surface area contributed by atoms with Crippen molar-refractivity contribution >= 4 is 5.97 Å². The van der Waals surface area contributed by atoms with Crippen LogP contribution in [0.2, 0.25) is 0 Å². The van der Waals surface area contributed by atoms with E-state index in [9.17, 15) is 9.18 Å². The summed E-state index contributed by atoms with van der Waals surface area (Å²) >= 11 is 0. The van der Waals surface area contributed by atoms with Gasteiger partial charge in [-0.05, 0) is 24.6 Å². The number of nitrogens with zero attached hydrogens (tertiary/aromatic N) is 2. The van der Waals surface area contributed by atoms with Crippen LogP contribution < -0.4 is 5.73 Å². The van der Waals surface area contributed by atoms with Crippen LogP contribution in [0.15, 0.2) is 16.7 Å². The number of ether oxygens (including phenoxy) is 1. The molecule has 6 nitrogen and oxygen atoms in total. The van der Waals surface area contributed by atoms with Gasteiger partial charge in [0, 0.05) is 0 Å². The van der Waals surface area contributed by atoms with E-state index in [0.717, 1.165) is 0 Å². The average Bonchev–Trinajstić information content (AvgIpc) is 2.86. The topological polar surface area (TPSA) is 91.2 Å². The van der Waals surface area contributed by atoms with E-state index in [4.69, 9.17) is 10.3 Å². The summed E-state index contributed by atoms with van der Waals surface area (Å²) < 4.78 is 23.3. The third-order valence-corrected chi connectivity index (χ3v) is 2.60. The Hall–Kier alpha value is -2.28. The van der Waals surface area contributed by atoms with E-state index in [2.05, 4.69) is 14.9 Å². The molecule has 1 heterocycles. The van der Waals surface area contributed by atoms with Crippen LogP contribution in [0.4, 0.5) is 4.39 Å². The van der Waals surface area contributed by atoms with Crippen LogP contribution in [-0.4, -0.2) is 23.2 Å². The first-order valence-corrected chi connectivity index (χ1v) is 5.48. The van der Waals surface area contributed by atoms with Crippen LogP contribution in [0.5, 0.6) is 0 Å². The molecule has 1 aromatic carbocycles. The number of methoxy groups -OCH3 is 1. The van der Waals surface area contributed by atoms with Gasteiger partial charge in [0.25, 0.3) is 0 Å². The summed E-state index contributed by atoms with van der Waals surface area (Å²) in [6.45, 7) is 1.67. The molecule has 0 amide bonds. The first-order valence-electron chi connectivity index (χ1n) is 5.48. The molecule has 19 heavy (non-hydrogen) atoms. The molecule has 0 saturated carbocycles. The Bertz CT molecular complexity index is 625. The number of hydrogen-bond donors (Lipinski definition) is 1. The molecule has 0 radical (unpaired) electrons. The van der Waals surface area contributed by atoms with Crippen LogP contribution in [0.3, 0.4) is 0 Å². The molecular weight excluding hydrogens is 253 g/mol. The van der Waals surface area contributed by atoms with Crippen molar-refractivity contribution in [2.45, 2.75) is 13.5 Å². The largest absolute Gasteiger partial charge is 0.465 e. The average molecular weight is 265 g/mol. The summed E-state index contributed by atoms with van der Waals surface area (Å²) in [6, 6.07) is 2.56. The van der Waals surface area contributed by atoms with Gasteiger partial charge in [0.05, 0.1) is 24.8 Å². The lowest BCUT2D eigenvalue weighted by Gasteiger charge is -2.06. The quantitative estimate of drug-likeness (QED) is 0.844. The van der Waals surface area contributed by atoms with Gasteiger partial charge >= 0.3 is 5.97 Å². The Morgan fingerprint density at radius 3 is 2.84 bits per heavy atom. The van der Waals surface area contributed by atoms with Crippen LogP contribution in [0.1, 0.15) is 21.8 Å². The zero-order valence-electron chi connectivity index (χ0n) is 10.4. The van der Waals surface area contributed by atoms with Crippen molar-refractivity contribution in [3.05, 3.63) is 35.0 Å². The molecule has 2 N–H and O–H groups in total. The minimum atomic E-state index is -0.554. The summed E-state index contributed by atoms with van der Waals surface area (Å²) in [5.74, 6) is -0.867. The summed E-state index contributed by atoms with van der Waals surface area (Å²) in [6.07, 6.45) is 0. The van der Waals surface area contributed by atoms with E-state index in [0.29, 0.717) is 5.56 Å². The molecule has 0 saturated heterocycles. The maximum absolute atomic E-state index is 13.9. The van der Waals surface area contributed by atoms with Crippen molar-refractivity contribution in [1.29, 1.82) is 0 Å². The van der Waals surface area contributed by atoms with Gasteiger partial charge in [-0.2, -0.15) is 4.98 Å². The highest BCUT2D eigenvalue weighted by Crippen LogP contribution is 2.24. The molecular formula is C12H12FN3O3. The highest BCUT2D eigenvalue weighted by atomic mass is 19.1. The lowest BCUT2D eigenvalue weighted by atomic mass is 10.0. The van der Waals surface area contributed by atoms with Crippen molar-refractivity contribution in [3.8, 4) is 11.4 Å². The van der Waals surface area contributed by atoms with Gasteiger partial charge in [0.15, 0.2) is 0 Å². The molecule has 1 aromatic heterocycles. The standard InChI is InChI=1S/C12H12FN3O3/c1-6-3-9(13)8(4-7(6)12(17)18-2)11-15-10(5-14)19-16-11/h3-4H,5,14H2,1-2H3. The second kappa shape index (κ2) is 5.15. The van der Waals surface area contributed by atoms with Crippen LogP contribution in [0.25, 0.3) is 11.4 Å². The normalized spacial score (nSPS) is 10.5. The lowest BCUT2D eigenvalue weighted by Crippen LogP contribution is -2.05. The van der Waals surface area contributed by atoms with Crippen molar-refractivity contribution in [2.75, 3.05) is 7.11 Å². The van der Waals surface area contributed by atoms with E-state index in [1.54, 1.807) is 6.92 Å². The fraction of sp³-hybridized carbons (Fsp3) is 0.250. The maximum atomic E-state index is 13.9. The minimum Gasteiger partial charge on any atom is -0.465 e. The molecule has 2 aromatic rings. The summed E-state index contributed by atoms with van der Waals surface area (Å²) in [5.41, 5.74) is 6.12. The molecule has 0 fully saturated rings. The Kier molecular flexibility index (Phi) is 3.57. The van der Waals surface area contributed by atoms with E-state index < -0.39 is 11.8 Å². The van der Waals surface area contributed by atoms with E-state index >= 15 is 0 Å². The lowest BCUT2D eigenvalue weighted by molar-refractivity contribution is 0.0600. The Balaban J connectivity index is 2.53. The van der Waals surface area contributed by atoms with Gasteiger partial charge in [0.2, 0.25) is 11.7 Å². The van der Waals surface area contributed by atoms with Gasteiger partial charge in [-0.3, -0.25) is 0 Å². The molecule has 0 unspecified atom stereocenters. The van der Waals surface area contributed by atoms with Crippen molar-refractivity contribution in [1.82, 2.24) is 10.1 Å². The molecule has 0 bridgehead atoms. The molecule has 7 heteroatoms. The Morgan fingerprint density at radius 2 is 2.26 bits per heavy atom. The van der Waals surface area contributed by atoms with E-state index in [1.165, 1.54) is 19.2 Å². The highest BCUT2D eigenvalue weighted by Gasteiger charge is 2.18. The summed E-state index contributed by atoms with van der Waals surface area (Å²) in [7, 11) is 1.26. The molecule has 0 aliphatic rings. The van der Waals surface area contributed by atoms with Gasteiger partial charge in [-0.25, -0.2) is 9.18 Å². The van der Waals surface area contributed by atoms with Crippen LogP contribution in [0, 0.1) is 12.7 Å². The SMILES string of the molecule is COC(=O)c1cc(-c2noc(CN)n2)c(F)cc1C. The second-order valence-corrected chi connectivity index (χ2v) is 3.85. The number of rotatable bonds is 3. The zero-order valence-corrected chi connectivity index (χ0v) is 10.4. The van der Waals surface area contributed by atoms with Crippen molar-refractivity contribution in [2.24, 2.45) is 5.73 Å². The molecule has 0 aliphatic heterocycles. The predicted molar refractivity (Wildman–Crippen MR) is 63.7 cm³/mol.